The number of nitrogens with zero attached hydrogens (tertiary/aromatic N) is 1. The summed E-state index contributed by atoms with van der Waals surface area (Å²) in [6, 6.07) is 29.6. The average Bonchev–Trinajstić information content (AvgIpc) is 2.81. The molecule has 0 radical (unpaired) electrons. The van der Waals surface area contributed by atoms with Gasteiger partial charge >= 0.3 is 182 Å². The molecule has 0 aliphatic rings. The van der Waals surface area contributed by atoms with Crippen molar-refractivity contribution in [3.8, 4) is 16.9 Å². The Kier molecular flexibility index (Phi) is 6.23. The molecule has 0 bridgehead atoms. The molecule has 4 aromatic rings. The van der Waals surface area contributed by atoms with Crippen molar-refractivity contribution in [2.45, 2.75) is 0 Å². The molecule has 0 unspecified atom stereocenters. The van der Waals surface area contributed by atoms with Crippen molar-refractivity contribution in [2.75, 3.05) is 12.4 Å². The van der Waals surface area contributed by atoms with Crippen LogP contribution in [0.5, 0.6) is 5.75 Å². The fraction of sp³-hybridized carbons (Fsp3) is 0.0400. The number of para-hydroxylation sites is 1. The first kappa shape index (κ1) is 19.9. The van der Waals surface area contributed by atoms with E-state index >= 15 is 0 Å². The molecule has 1 amide bonds. The van der Waals surface area contributed by atoms with E-state index in [1.54, 1.807) is 31.5 Å². The molecular formula is C25H20N2O2Se. The minimum atomic E-state index is -0.230. The Morgan fingerprint density at radius 2 is 1.63 bits per heavy atom. The van der Waals surface area contributed by atoms with Gasteiger partial charge in [0.05, 0.1) is 0 Å². The van der Waals surface area contributed by atoms with Gasteiger partial charge in [-0.05, 0) is 0 Å². The number of pyridine rings is 1. The monoisotopic (exact) mass is 460 g/mol. The molecule has 0 aliphatic heterocycles. The summed E-state index contributed by atoms with van der Waals surface area (Å²) in [7, 11) is 1.68. The van der Waals surface area contributed by atoms with E-state index in [-0.39, 0.29) is 20.9 Å². The first-order chi connectivity index (χ1) is 14.7. The molecule has 1 heterocycles. The van der Waals surface area contributed by atoms with Gasteiger partial charge < -0.3 is 0 Å². The molecule has 4 nitrogen and oxygen atoms in total. The Hall–Kier alpha value is -3.40. The van der Waals surface area contributed by atoms with Crippen LogP contribution in [0.15, 0.2) is 97.2 Å². The third-order valence-electron chi connectivity index (χ3n) is 4.52. The van der Waals surface area contributed by atoms with Crippen LogP contribution in [0.4, 0.5) is 5.69 Å². The second kappa shape index (κ2) is 9.40. The molecule has 0 saturated heterocycles. The molecule has 0 saturated carbocycles. The van der Waals surface area contributed by atoms with Crippen molar-refractivity contribution in [2.24, 2.45) is 0 Å². The normalized spacial score (nSPS) is 10.4. The van der Waals surface area contributed by atoms with Crippen LogP contribution in [0.1, 0.15) is 10.5 Å². The van der Waals surface area contributed by atoms with Gasteiger partial charge in [0, 0.05) is 0 Å². The molecule has 30 heavy (non-hydrogen) atoms. The van der Waals surface area contributed by atoms with Crippen LogP contribution < -0.4 is 19.0 Å². The molecule has 0 spiro atoms. The van der Waals surface area contributed by atoms with E-state index in [2.05, 4.69) is 46.7 Å². The summed E-state index contributed by atoms with van der Waals surface area (Å²) in [5, 5.41) is 3.02. The van der Waals surface area contributed by atoms with Gasteiger partial charge in [-0.25, -0.2) is 0 Å². The van der Waals surface area contributed by atoms with E-state index in [9.17, 15) is 4.79 Å². The summed E-state index contributed by atoms with van der Waals surface area (Å²) in [6.45, 7) is 0. The Labute approximate surface area is 182 Å². The van der Waals surface area contributed by atoms with E-state index in [0.29, 0.717) is 5.69 Å². The Morgan fingerprint density at radius 1 is 0.867 bits per heavy atom. The number of rotatable bonds is 6. The summed E-state index contributed by atoms with van der Waals surface area (Å²) in [5.41, 5.74) is 3.19. The van der Waals surface area contributed by atoms with Crippen molar-refractivity contribution in [1.82, 2.24) is 4.98 Å². The standard InChI is InChI=1S/C25H20N2O2Se/c1-29-18-14-15-21(24(17-18)30-19-9-3-2-4-10-19)20-11-5-6-12-22(20)27-25(28)23-13-7-8-16-26-23/h2-17H,1H3,(H,27,28). The zero-order chi connectivity index (χ0) is 20.8. The van der Waals surface area contributed by atoms with E-state index in [4.69, 9.17) is 4.74 Å². The van der Waals surface area contributed by atoms with Crippen molar-refractivity contribution >= 4 is 35.5 Å². The Balaban J connectivity index is 1.73. The number of hydrogen-bond donors (Lipinski definition) is 1. The van der Waals surface area contributed by atoms with Crippen LogP contribution in [0.25, 0.3) is 11.1 Å². The number of carbonyl (C=O) groups excluding carboxylic acids is 1. The zero-order valence-electron chi connectivity index (χ0n) is 16.4. The van der Waals surface area contributed by atoms with Crippen LogP contribution in [0.2, 0.25) is 0 Å². The topological polar surface area (TPSA) is 51.2 Å². The van der Waals surface area contributed by atoms with Crippen molar-refractivity contribution in [3.63, 3.8) is 0 Å². The fourth-order valence-electron chi connectivity index (χ4n) is 3.06. The van der Waals surface area contributed by atoms with Gasteiger partial charge in [-0.2, -0.15) is 0 Å². The maximum absolute atomic E-state index is 12.7. The van der Waals surface area contributed by atoms with Crippen molar-refractivity contribution in [1.29, 1.82) is 0 Å². The number of aromatic nitrogens is 1. The number of ether oxygens (including phenoxy) is 1. The summed E-state index contributed by atoms with van der Waals surface area (Å²) in [5.74, 6) is 0.591. The SMILES string of the molecule is COc1ccc(-c2ccccc2NC(=O)c2ccccn2)c([Se]c2ccccc2)c1. The van der Waals surface area contributed by atoms with E-state index in [1.165, 1.54) is 8.92 Å². The number of methoxy groups -OCH3 is 1. The molecule has 0 fully saturated rings. The fourth-order valence-corrected chi connectivity index (χ4v) is 5.18. The average molecular weight is 459 g/mol. The molecule has 1 N–H and O–H groups in total. The zero-order valence-corrected chi connectivity index (χ0v) is 18.1. The number of anilines is 1. The van der Waals surface area contributed by atoms with Crippen LogP contribution in [0, 0.1) is 0 Å². The Morgan fingerprint density at radius 3 is 2.40 bits per heavy atom. The first-order valence-electron chi connectivity index (χ1n) is 9.47. The number of nitrogens with one attached hydrogen (secondary N) is 1. The van der Waals surface area contributed by atoms with Gasteiger partial charge in [0.2, 0.25) is 0 Å². The van der Waals surface area contributed by atoms with Gasteiger partial charge in [0.1, 0.15) is 0 Å². The number of benzene rings is 3. The third kappa shape index (κ3) is 4.60. The minimum absolute atomic E-state index is 0.0865. The quantitative estimate of drug-likeness (QED) is 0.448. The summed E-state index contributed by atoms with van der Waals surface area (Å²) >= 11 is 0.0865. The van der Waals surface area contributed by atoms with E-state index in [1.807, 2.05) is 36.4 Å². The maximum atomic E-state index is 12.7. The van der Waals surface area contributed by atoms with Gasteiger partial charge in [0.25, 0.3) is 0 Å². The molecule has 5 heteroatoms. The first-order valence-corrected chi connectivity index (χ1v) is 11.2. The van der Waals surface area contributed by atoms with Crippen LogP contribution in [0.3, 0.4) is 0 Å². The summed E-state index contributed by atoms with van der Waals surface area (Å²) in [6.07, 6.45) is 1.62. The number of amides is 1. The van der Waals surface area contributed by atoms with Gasteiger partial charge in [-0.1, -0.05) is 0 Å². The molecule has 4 rings (SSSR count). The van der Waals surface area contributed by atoms with Gasteiger partial charge in [-0.3, -0.25) is 0 Å². The van der Waals surface area contributed by atoms with Crippen molar-refractivity contribution in [3.05, 3.63) is 103 Å². The molecule has 3 aromatic carbocycles. The molecule has 0 atom stereocenters. The number of hydrogen-bond acceptors (Lipinski definition) is 3. The van der Waals surface area contributed by atoms with Crippen molar-refractivity contribution < 1.29 is 9.53 Å². The Bertz CT molecular complexity index is 1150. The summed E-state index contributed by atoms with van der Waals surface area (Å²) in [4.78, 5) is 16.8. The van der Waals surface area contributed by atoms with Crippen LogP contribution >= 0.6 is 0 Å². The molecule has 0 aliphatic carbocycles. The predicted molar refractivity (Wildman–Crippen MR) is 122 cm³/mol. The number of carbonyl (C=O) groups is 1. The molecular weight excluding hydrogens is 439 g/mol. The van der Waals surface area contributed by atoms with Crippen LogP contribution in [-0.2, 0) is 0 Å². The van der Waals surface area contributed by atoms with Gasteiger partial charge in [-0.15, -0.1) is 0 Å². The molecule has 148 valence electrons. The van der Waals surface area contributed by atoms with Crippen LogP contribution in [-0.4, -0.2) is 33.0 Å². The van der Waals surface area contributed by atoms with E-state index < -0.39 is 0 Å². The second-order valence-corrected chi connectivity index (χ2v) is 8.83. The predicted octanol–water partition coefficient (Wildman–Crippen LogP) is 3.66. The second-order valence-electron chi connectivity index (χ2n) is 6.49. The third-order valence-corrected chi connectivity index (χ3v) is 6.76. The van der Waals surface area contributed by atoms with Gasteiger partial charge in [0.15, 0.2) is 0 Å². The summed E-state index contributed by atoms with van der Waals surface area (Å²) < 4.78 is 7.93. The van der Waals surface area contributed by atoms with E-state index in [0.717, 1.165) is 22.6 Å². The molecule has 1 aromatic heterocycles.